The van der Waals surface area contributed by atoms with Gasteiger partial charge in [0.2, 0.25) is 0 Å². The fourth-order valence-electron chi connectivity index (χ4n) is 2.40. The molecule has 0 saturated carbocycles. The molecule has 1 amide bonds. The minimum Gasteiger partial charge on any atom is -0.364 e. The summed E-state index contributed by atoms with van der Waals surface area (Å²) in [5.74, 6) is -0.514. The summed E-state index contributed by atoms with van der Waals surface area (Å²) >= 11 is 0. The van der Waals surface area contributed by atoms with E-state index in [1.54, 1.807) is 12.1 Å². The highest BCUT2D eigenvalue weighted by Crippen LogP contribution is 2.30. The van der Waals surface area contributed by atoms with Gasteiger partial charge < -0.3 is 10.7 Å². The maximum Gasteiger partial charge on any atom is 0.265 e. The fourth-order valence-corrected chi connectivity index (χ4v) is 2.40. The van der Waals surface area contributed by atoms with Crippen LogP contribution in [-0.2, 0) is 0 Å². The minimum absolute atomic E-state index is 0.341. The Morgan fingerprint density at radius 1 is 1.19 bits per heavy atom. The fraction of sp³-hybridized carbons (Fsp3) is 0.0588. The van der Waals surface area contributed by atoms with Gasteiger partial charge in [0.25, 0.3) is 5.91 Å². The molecule has 4 heteroatoms. The topological polar surface area (TPSA) is 82.7 Å². The van der Waals surface area contributed by atoms with Gasteiger partial charge in [-0.1, -0.05) is 29.8 Å². The molecule has 102 valence electrons. The van der Waals surface area contributed by atoms with Crippen molar-refractivity contribution in [1.29, 1.82) is 5.26 Å². The predicted molar refractivity (Wildman–Crippen MR) is 81.7 cm³/mol. The lowest BCUT2D eigenvalue weighted by molar-refractivity contribution is 0.0996. The number of aryl methyl sites for hydroxylation is 1. The number of hydrogen-bond acceptors (Lipinski definition) is 2. The van der Waals surface area contributed by atoms with Crippen molar-refractivity contribution in [1.82, 2.24) is 4.98 Å². The largest absolute Gasteiger partial charge is 0.364 e. The second kappa shape index (κ2) is 4.80. The lowest BCUT2D eigenvalue weighted by Crippen LogP contribution is -2.10. The van der Waals surface area contributed by atoms with Gasteiger partial charge >= 0.3 is 0 Å². The molecule has 3 N–H and O–H groups in total. The summed E-state index contributed by atoms with van der Waals surface area (Å²) in [7, 11) is 0. The number of H-pyrrole nitrogens is 1. The van der Waals surface area contributed by atoms with Crippen molar-refractivity contribution in [3.63, 3.8) is 0 Å². The summed E-state index contributed by atoms with van der Waals surface area (Å²) in [6.07, 6.45) is 0. The molecule has 1 aromatic heterocycles. The summed E-state index contributed by atoms with van der Waals surface area (Å²) in [6.45, 7) is 2.02. The first-order chi connectivity index (χ1) is 10.1. The molecule has 0 aliphatic rings. The van der Waals surface area contributed by atoms with E-state index in [1.807, 2.05) is 37.3 Å². The highest BCUT2D eigenvalue weighted by Gasteiger charge is 2.12. The molecule has 0 aliphatic carbocycles. The van der Waals surface area contributed by atoms with E-state index in [2.05, 4.69) is 11.1 Å². The Morgan fingerprint density at radius 3 is 2.52 bits per heavy atom. The quantitative estimate of drug-likeness (QED) is 0.753. The molecule has 0 aliphatic heterocycles. The zero-order chi connectivity index (χ0) is 15.0. The number of primary amides is 1. The average molecular weight is 275 g/mol. The summed E-state index contributed by atoms with van der Waals surface area (Å²) in [6, 6.07) is 15.4. The van der Waals surface area contributed by atoms with Crippen molar-refractivity contribution in [2.45, 2.75) is 6.92 Å². The molecule has 21 heavy (non-hydrogen) atoms. The number of nitrogens with zero attached hydrogens (tertiary/aromatic N) is 1. The molecule has 0 fully saturated rings. The highest BCUT2D eigenvalue weighted by molar-refractivity contribution is 6.02. The highest BCUT2D eigenvalue weighted by atomic mass is 16.1. The van der Waals surface area contributed by atoms with E-state index in [1.165, 1.54) is 0 Å². The number of hydrogen-bond donors (Lipinski definition) is 2. The third kappa shape index (κ3) is 2.26. The van der Waals surface area contributed by atoms with Gasteiger partial charge in [0.15, 0.2) is 0 Å². The van der Waals surface area contributed by atoms with Crippen LogP contribution in [0.3, 0.4) is 0 Å². The molecule has 2 aromatic carbocycles. The van der Waals surface area contributed by atoms with Gasteiger partial charge in [-0.2, -0.15) is 5.26 Å². The van der Waals surface area contributed by atoms with Gasteiger partial charge in [-0.3, -0.25) is 4.79 Å². The van der Waals surface area contributed by atoms with E-state index < -0.39 is 5.91 Å². The van der Waals surface area contributed by atoms with E-state index in [9.17, 15) is 10.1 Å². The summed E-state index contributed by atoms with van der Waals surface area (Å²) in [5.41, 5.74) is 10.1. The predicted octanol–water partition coefficient (Wildman–Crippen LogP) is 3.11. The van der Waals surface area contributed by atoms with Crippen LogP contribution in [0.4, 0.5) is 0 Å². The average Bonchev–Trinajstić information content (AvgIpc) is 2.91. The van der Waals surface area contributed by atoms with E-state index >= 15 is 0 Å². The number of fused-ring (bicyclic) bond motifs is 1. The first-order valence-electron chi connectivity index (χ1n) is 6.52. The van der Waals surface area contributed by atoms with Crippen LogP contribution >= 0.6 is 0 Å². The van der Waals surface area contributed by atoms with Crippen molar-refractivity contribution in [2.24, 2.45) is 5.73 Å². The first-order valence-corrected chi connectivity index (χ1v) is 6.52. The molecule has 0 saturated heterocycles. The van der Waals surface area contributed by atoms with Crippen LogP contribution < -0.4 is 5.73 Å². The Bertz CT molecular complexity index is 883. The number of aromatic nitrogens is 1. The third-order valence-corrected chi connectivity index (χ3v) is 3.49. The number of nitriles is 1. The van der Waals surface area contributed by atoms with Crippen molar-refractivity contribution < 1.29 is 4.79 Å². The Balaban J connectivity index is 2.31. The first kappa shape index (κ1) is 12.9. The number of carbonyl (C=O) groups excluding carboxylic acids is 1. The lowest BCUT2D eigenvalue weighted by Gasteiger charge is -2.05. The maximum absolute atomic E-state index is 11.3. The molecule has 0 radical (unpaired) electrons. The van der Waals surface area contributed by atoms with Crippen molar-refractivity contribution in [2.75, 3.05) is 0 Å². The molecule has 4 nitrogen and oxygen atoms in total. The molecule has 0 atom stereocenters. The summed E-state index contributed by atoms with van der Waals surface area (Å²) in [5, 5.41) is 9.98. The SMILES string of the molecule is Cc1ccc(-c2cc(C#N)cc3cc(C(N)=O)[nH]c23)cc1. The summed E-state index contributed by atoms with van der Waals surface area (Å²) < 4.78 is 0. The monoisotopic (exact) mass is 275 g/mol. The van der Waals surface area contributed by atoms with Crippen LogP contribution in [0.5, 0.6) is 0 Å². The Morgan fingerprint density at radius 2 is 1.90 bits per heavy atom. The van der Waals surface area contributed by atoms with E-state index in [-0.39, 0.29) is 0 Å². The molecule has 3 aromatic rings. The van der Waals surface area contributed by atoms with Gasteiger partial charge in [-0.15, -0.1) is 0 Å². The van der Waals surface area contributed by atoms with E-state index in [4.69, 9.17) is 5.73 Å². The van der Waals surface area contributed by atoms with Crippen LogP contribution in [0.15, 0.2) is 42.5 Å². The number of benzene rings is 2. The van der Waals surface area contributed by atoms with Crippen LogP contribution in [0.25, 0.3) is 22.0 Å². The molecular weight excluding hydrogens is 262 g/mol. The molecule has 0 unspecified atom stereocenters. The van der Waals surface area contributed by atoms with Gasteiger partial charge in [0, 0.05) is 10.9 Å². The second-order valence-corrected chi connectivity index (χ2v) is 5.01. The molecule has 0 spiro atoms. The van der Waals surface area contributed by atoms with Gasteiger partial charge in [-0.05, 0) is 30.7 Å². The van der Waals surface area contributed by atoms with Crippen molar-refractivity contribution >= 4 is 16.8 Å². The minimum atomic E-state index is -0.514. The van der Waals surface area contributed by atoms with Crippen LogP contribution in [-0.4, -0.2) is 10.9 Å². The normalized spacial score (nSPS) is 10.5. The number of nitrogens with two attached hydrogens (primary N) is 1. The van der Waals surface area contributed by atoms with Crippen LogP contribution in [0, 0.1) is 18.3 Å². The number of carbonyl (C=O) groups is 1. The smallest absolute Gasteiger partial charge is 0.265 e. The standard InChI is InChI=1S/C17H13N3O/c1-10-2-4-12(5-3-10)14-7-11(9-18)6-13-8-15(17(19)21)20-16(13)14/h2-8,20H,1H3,(H2,19,21). The van der Waals surface area contributed by atoms with E-state index in [0.29, 0.717) is 11.3 Å². The van der Waals surface area contributed by atoms with Gasteiger partial charge in [-0.25, -0.2) is 0 Å². The molecule has 3 rings (SSSR count). The Labute approximate surface area is 121 Å². The molecule has 0 bridgehead atoms. The molecular formula is C17H13N3O. The van der Waals surface area contributed by atoms with Crippen molar-refractivity contribution in [3.8, 4) is 17.2 Å². The summed E-state index contributed by atoms with van der Waals surface area (Å²) in [4.78, 5) is 14.4. The zero-order valence-corrected chi connectivity index (χ0v) is 11.5. The lowest BCUT2D eigenvalue weighted by atomic mass is 9.99. The zero-order valence-electron chi connectivity index (χ0n) is 11.5. The third-order valence-electron chi connectivity index (χ3n) is 3.49. The van der Waals surface area contributed by atoms with Crippen LogP contribution in [0.1, 0.15) is 21.6 Å². The van der Waals surface area contributed by atoms with Gasteiger partial charge in [0.05, 0.1) is 17.1 Å². The number of amides is 1. The Hall–Kier alpha value is -3.06. The van der Waals surface area contributed by atoms with E-state index in [0.717, 1.165) is 27.6 Å². The van der Waals surface area contributed by atoms with Crippen molar-refractivity contribution in [3.05, 3.63) is 59.3 Å². The van der Waals surface area contributed by atoms with Gasteiger partial charge in [0.1, 0.15) is 5.69 Å². The van der Waals surface area contributed by atoms with Crippen LogP contribution in [0.2, 0.25) is 0 Å². The Kier molecular flexibility index (Phi) is 2.96. The number of aromatic amines is 1. The molecule has 1 heterocycles. The maximum atomic E-state index is 11.3. The second-order valence-electron chi connectivity index (χ2n) is 5.01. The number of nitrogens with one attached hydrogen (secondary N) is 1. The number of rotatable bonds is 2.